The Balaban J connectivity index is 2.68. The molecule has 0 spiro atoms. The molecule has 2 unspecified atom stereocenters. The largest absolute Gasteiger partial charge is 0.481 e. The number of para-hydroxylation sites is 1. The molecule has 28 heavy (non-hydrogen) atoms. The van der Waals surface area contributed by atoms with Crippen LogP contribution in [0.5, 0.6) is 5.75 Å². The van der Waals surface area contributed by atoms with Crippen molar-refractivity contribution in [2.75, 3.05) is 28.2 Å². The zero-order valence-electron chi connectivity index (χ0n) is 15.9. The van der Waals surface area contributed by atoms with Crippen LogP contribution in [0.1, 0.15) is 0 Å². The second-order valence-electron chi connectivity index (χ2n) is 6.51. The number of ether oxygens (including phenoxy) is 1. The number of hydrogen-bond donors (Lipinski definition) is 1. The number of carboxylic acids is 1. The van der Waals surface area contributed by atoms with Gasteiger partial charge in [-0.05, 0) is 24.3 Å². The number of sulfonamides is 1. The Morgan fingerprint density at radius 1 is 1.21 bits per heavy atom. The Hall–Kier alpha value is -2.52. The third-order valence-electron chi connectivity index (χ3n) is 3.78. The molecule has 0 fully saturated rings. The molecule has 2 rings (SSSR count). The lowest BCUT2D eigenvalue weighted by atomic mass is 9.97. The summed E-state index contributed by atoms with van der Waals surface area (Å²) in [5, 5.41) is 7.48. The SMILES string of the molecule is CN(C)/C=N/S(=O)(=O)C1=CC(C(=O)O)C=C(N(C)C)C1(Cl)Oc1ccccc1. The third-order valence-corrected chi connectivity index (χ3v) is 5.72. The predicted molar refractivity (Wildman–Crippen MR) is 108 cm³/mol. The topological polar surface area (TPSA) is 99.5 Å². The minimum Gasteiger partial charge on any atom is -0.481 e. The van der Waals surface area contributed by atoms with Crippen molar-refractivity contribution >= 4 is 33.9 Å². The maximum atomic E-state index is 12.9. The van der Waals surface area contributed by atoms with E-state index in [1.165, 1.54) is 15.9 Å². The molecule has 0 bridgehead atoms. The second kappa shape index (κ2) is 8.24. The average Bonchev–Trinajstić information content (AvgIpc) is 2.60. The number of likely N-dealkylation sites (N-methyl/N-ethyl adjacent to an activating group) is 1. The van der Waals surface area contributed by atoms with Crippen LogP contribution in [-0.4, -0.2) is 68.9 Å². The van der Waals surface area contributed by atoms with Gasteiger partial charge in [0.15, 0.2) is 0 Å². The summed E-state index contributed by atoms with van der Waals surface area (Å²) in [5.41, 5.74) is 0.173. The fourth-order valence-corrected chi connectivity index (χ4v) is 4.42. The molecule has 0 radical (unpaired) electrons. The molecule has 0 aromatic heterocycles. The minimum atomic E-state index is -4.34. The van der Waals surface area contributed by atoms with Gasteiger partial charge < -0.3 is 19.6 Å². The monoisotopic (exact) mass is 427 g/mol. The average molecular weight is 428 g/mol. The molecule has 0 aliphatic heterocycles. The van der Waals surface area contributed by atoms with Crippen molar-refractivity contribution in [2.45, 2.75) is 5.06 Å². The maximum Gasteiger partial charge on any atom is 0.314 e. The van der Waals surface area contributed by atoms with Crippen molar-refractivity contribution in [1.82, 2.24) is 9.80 Å². The summed E-state index contributed by atoms with van der Waals surface area (Å²) in [4.78, 5) is 14.1. The van der Waals surface area contributed by atoms with Gasteiger partial charge in [-0.2, -0.15) is 8.42 Å². The van der Waals surface area contributed by atoms with Crippen molar-refractivity contribution < 1.29 is 23.1 Å². The number of rotatable bonds is 7. The molecule has 2 atom stereocenters. The van der Waals surface area contributed by atoms with Gasteiger partial charge in [-0.3, -0.25) is 4.79 Å². The summed E-state index contributed by atoms with van der Waals surface area (Å²) < 4.78 is 35.4. The van der Waals surface area contributed by atoms with E-state index in [0.29, 0.717) is 5.75 Å². The fourth-order valence-electron chi connectivity index (χ4n) is 2.52. The number of benzene rings is 1. The summed E-state index contributed by atoms with van der Waals surface area (Å²) in [6.07, 6.45) is 3.50. The minimum absolute atomic E-state index is 0.173. The number of halogens is 1. The second-order valence-corrected chi connectivity index (χ2v) is 8.64. The third kappa shape index (κ3) is 4.66. The first-order valence-corrected chi connectivity index (χ1v) is 10.0. The molecule has 152 valence electrons. The van der Waals surface area contributed by atoms with Gasteiger partial charge in [0.2, 0.25) is 0 Å². The van der Waals surface area contributed by atoms with Crippen LogP contribution in [0.15, 0.2) is 57.5 Å². The summed E-state index contributed by atoms with van der Waals surface area (Å²) >= 11 is 6.75. The molecule has 0 amide bonds. The zero-order valence-corrected chi connectivity index (χ0v) is 17.5. The first-order valence-electron chi connectivity index (χ1n) is 8.22. The highest BCUT2D eigenvalue weighted by molar-refractivity contribution is 7.94. The van der Waals surface area contributed by atoms with Crippen LogP contribution >= 0.6 is 11.6 Å². The number of hydrogen-bond acceptors (Lipinski definition) is 5. The van der Waals surface area contributed by atoms with E-state index in [-0.39, 0.29) is 5.70 Å². The van der Waals surface area contributed by atoms with Crippen molar-refractivity contribution in [2.24, 2.45) is 10.3 Å². The Labute approximate surface area is 169 Å². The highest BCUT2D eigenvalue weighted by Crippen LogP contribution is 2.44. The molecule has 0 saturated carbocycles. The van der Waals surface area contributed by atoms with Gasteiger partial charge in [0, 0.05) is 28.2 Å². The van der Waals surface area contributed by atoms with Crippen LogP contribution in [-0.2, 0) is 14.8 Å². The molecular weight excluding hydrogens is 406 g/mol. The Kier molecular flexibility index (Phi) is 6.41. The highest BCUT2D eigenvalue weighted by atomic mass is 35.5. The molecule has 1 aromatic carbocycles. The molecule has 0 heterocycles. The standard InChI is InChI=1S/C18H22ClN3O5S/c1-21(2)12-20-28(25,26)16-11-13(17(23)24)10-15(22(3)4)18(16,19)27-14-8-6-5-7-9-14/h5-13H,1-4H3,(H,23,24)/b20-12+. The lowest BCUT2D eigenvalue weighted by Crippen LogP contribution is -2.45. The van der Waals surface area contributed by atoms with Crippen molar-refractivity contribution in [3.8, 4) is 5.75 Å². The van der Waals surface area contributed by atoms with Crippen LogP contribution in [0, 0.1) is 5.92 Å². The Bertz CT molecular complexity index is 926. The Morgan fingerprint density at radius 2 is 1.82 bits per heavy atom. The first-order chi connectivity index (χ1) is 13.0. The smallest absolute Gasteiger partial charge is 0.314 e. The van der Waals surface area contributed by atoms with E-state index in [0.717, 1.165) is 12.4 Å². The molecule has 0 saturated heterocycles. The van der Waals surface area contributed by atoms with Gasteiger partial charge in [0.25, 0.3) is 15.1 Å². The molecule has 10 heteroatoms. The number of nitrogens with zero attached hydrogens (tertiary/aromatic N) is 3. The van der Waals surface area contributed by atoms with Gasteiger partial charge in [-0.25, -0.2) is 0 Å². The maximum absolute atomic E-state index is 12.9. The van der Waals surface area contributed by atoms with E-state index in [2.05, 4.69) is 4.40 Å². The van der Waals surface area contributed by atoms with Gasteiger partial charge >= 0.3 is 5.97 Å². The van der Waals surface area contributed by atoms with E-state index in [1.807, 2.05) is 0 Å². The van der Waals surface area contributed by atoms with Gasteiger partial charge in [-0.15, -0.1) is 4.40 Å². The number of aliphatic carboxylic acids is 1. The van der Waals surface area contributed by atoms with Gasteiger partial charge in [0.1, 0.15) is 17.0 Å². The summed E-state index contributed by atoms with van der Waals surface area (Å²) in [6.45, 7) is 0. The van der Waals surface area contributed by atoms with Crippen LogP contribution in [0.2, 0.25) is 0 Å². The van der Waals surface area contributed by atoms with Crippen molar-refractivity contribution in [3.05, 3.63) is 53.1 Å². The van der Waals surface area contributed by atoms with Crippen LogP contribution in [0.3, 0.4) is 0 Å². The predicted octanol–water partition coefficient (Wildman–Crippen LogP) is 1.96. The van der Waals surface area contributed by atoms with E-state index in [9.17, 15) is 18.3 Å². The van der Waals surface area contributed by atoms with E-state index < -0.39 is 31.9 Å². The number of carbonyl (C=O) groups is 1. The first kappa shape index (κ1) is 21.8. The fraction of sp³-hybridized carbons (Fsp3) is 0.333. The zero-order chi connectivity index (χ0) is 21.1. The van der Waals surface area contributed by atoms with E-state index in [1.54, 1.807) is 58.5 Å². The Morgan fingerprint density at radius 3 is 2.32 bits per heavy atom. The van der Waals surface area contributed by atoms with Gasteiger partial charge in [-0.1, -0.05) is 29.8 Å². The van der Waals surface area contributed by atoms with E-state index >= 15 is 0 Å². The quantitative estimate of drug-likeness (QED) is 0.403. The van der Waals surface area contributed by atoms with E-state index in [4.69, 9.17) is 16.3 Å². The van der Waals surface area contributed by atoms with Crippen molar-refractivity contribution in [3.63, 3.8) is 0 Å². The lowest BCUT2D eigenvalue weighted by molar-refractivity contribution is -0.138. The number of alkyl halides is 1. The summed E-state index contributed by atoms with van der Waals surface area (Å²) in [5.74, 6) is -2.11. The summed E-state index contributed by atoms with van der Waals surface area (Å²) in [6, 6.07) is 8.42. The molecule has 1 N–H and O–H groups in total. The lowest BCUT2D eigenvalue weighted by Gasteiger charge is -2.38. The number of carboxylic acid groups (broad SMARTS) is 1. The molecule has 1 aliphatic carbocycles. The highest BCUT2D eigenvalue weighted by Gasteiger charge is 2.50. The van der Waals surface area contributed by atoms with Crippen molar-refractivity contribution in [1.29, 1.82) is 0 Å². The van der Waals surface area contributed by atoms with Crippen LogP contribution in [0.25, 0.3) is 0 Å². The van der Waals surface area contributed by atoms with Crippen LogP contribution in [0.4, 0.5) is 0 Å². The normalized spacial score (nSPS) is 22.4. The molecule has 8 nitrogen and oxygen atoms in total. The molecule has 1 aliphatic rings. The van der Waals surface area contributed by atoms with Gasteiger partial charge in [0.05, 0.1) is 11.6 Å². The van der Waals surface area contributed by atoms with Crippen LogP contribution < -0.4 is 4.74 Å². The molecular formula is C18H22ClN3O5S. The summed E-state index contributed by atoms with van der Waals surface area (Å²) in [7, 11) is 2.11. The molecule has 1 aromatic rings.